The molecule has 2 atom stereocenters. The van der Waals surface area contributed by atoms with Crippen LogP contribution in [0.15, 0.2) is 6.07 Å². The molecule has 0 radical (unpaired) electrons. The van der Waals surface area contributed by atoms with Crippen LogP contribution in [0.4, 0.5) is 0 Å². The molecule has 1 fully saturated rings. The van der Waals surface area contributed by atoms with Crippen molar-refractivity contribution in [3.8, 4) is 11.5 Å². The number of aromatic hydroxyl groups is 2. The second-order valence-electron chi connectivity index (χ2n) is 8.60. The average molecular weight is 318 g/mol. The topological polar surface area (TPSA) is 60.7 Å². The fraction of sp³-hybridized carbons (Fsp3) is 0.700. The number of hydrogen-bond donors (Lipinski definition) is 3. The van der Waals surface area contributed by atoms with E-state index in [0.29, 0.717) is 5.92 Å². The molecule has 2 aliphatic carbocycles. The predicted molar refractivity (Wildman–Crippen MR) is 92.1 cm³/mol. The summed E-state index contributed by atoms with van der Waals surface area (Å²) in [6.45, 7) is 8.66. The van der Waals surface area contributed by atoms with Gasteiger partial charge in [0.05, 0.1) is 6.61 Å². The number of aliphatic hydroxyl groups excluding tert-OH is 1. The molecule has 0 spiro atoms. The number of hydrogen-bond acceptors (Lipinski definition) is 3. The molecule has 0 amide bonds. The van der Waals surface area contributed by atoms with Gasteiger partial charge in [0.25, 0.3) is 0 Å². The van der Waals surface area contributed by atoms with Crippen molar-refractivity contribution in [1.29, 1.82) is 0 Å². The summed E-state index contributed by atoms with van der Waals surface area (Å²) in [4.78, 5) is 0. The Morgan fingerprint density at radius 1 is 1.17 bits per heavy atom. The third-order valence-electron chi connectivity index (χ3n) is 6.54. The molecule has 3 rings (SSSR count). The summed E-state index contributed by atoms with van der Waals surface area (Å²) in [5.74, 6) is 0.534. The SMILES string of the molecule is CC(C)c1cc2c(c(O)c1O)[C@@]1(CO)CCCC(C)(C)[C@@H]1CC2. The second-order valence-corrected chi connectivity index (χ2v) is 8.60. The van der Waals surface area contributed by atoms with Gasteiger partial charge in [0, 0.05) is 16.5 Å². The van der Waals surface area contributed by atoms with Gasteiger partial charge in [0.1, 0.15) is 0 Å². The summed E-state index contributed by atoms with van der Waals surface area (Å²) in [5.41, 5.74) is 2.49. The van der Waals surface area contributed by atoms with E-state index in [9.17, 15) is 15.3 Å². The van der Waals surface area contributed by atoms with Crippen molar-refractivity contribution in [2.45, 2.75) is 71.1 Å². The molecule has 0 heterocycles. The molecule has 3 nitrogen and oxygen atoms in total. The largest absolute Gasteiger partial charge is 0.504 e. The van der Waals surface area contributed by atoms with E-state index in [1.54, 1.807) is 0 Å². The Balaban J connectivity index is 2.24. The van der Waals surface area contributed by atoms with Gasteiger partial charge in [-0.25, -0.2) is 0 Å². The van der Waals surface area contributed by atoms with Crippen LogP contribution < -0.4 is 0 Å². The molecule has 0 aromatic heterocycles. The minimum absolute atomic E-state index is 0.00982. The lowest BCUT2D eigenvalue weighted by Crippen LogP contribution is -2.51. The fourth-order valence-corrected chi connectivity index (χ4v) is 5.42. The number of phenolic OH excluding ortho intramolecular Hbond substituents is 2. The van der Waals surface area contributed by atoms with Crippen LogP contribution in [0.1, 0.15) is 76.0 Å². The molecule has 1 aromatic carbocycles. The van der Waals surface area contributed by atoms with Crippen LogP contribution in [0.25, 0.3) is 0 Å². The maximum atomic E-state index is 10.8. The van der Waals surface area contributed by atoms with Gasteiger partial charge in [-0.2, -0.15) is 0 Å². The minimum atomic E-state index is -0.410. The zero-order valence-corrected chi connectivity index (χ0v) is 14.8. The van der Waals surface area contributed by atoms with Gasteiger partial charge >= 0.3 is 0 Å². The molecule has 3 N–H and O–H groups in total. The molecule has 1 saturated carbocycles. The molecule has 1 aromatic rings. The Hall–Kier alpha value is -1.22. The van der Waals surface area contributed by atoms with E-state index < -0.39 is 5.41 Å². The number of phenols is 2. The lowest BCUT2D eigenvalue weighted by molar-refractivity contribution is -0.00662. The lowest BCUT2D eigenvalue weighted by Gasteiger charge is -2.55. The lowest BCUT2D eigenvalue weighted by atomic mass is 9.49. The zero-order valence-electron chi connectivity index (χ0n) is 14.8. The minimum Gasteiger partial charge on any atom is -0.504 e. The highest BCUT2D eigenvalue weighted by Gasteiger charge is 2.53. The van der Waals surface area contributed by atoms with E-state index in [0.717, 1.165) is 48.8 Å². The smallest absolute Gasteiger partial charge is 0.161 e. The second kappa shape index (κ2) is 5.41. The first-order valence-corrected chi connectivity index (χ1v) is 8.93. The highest BCUT2D eigenvalue weighted by Crippen LogP contribution is 2.60. The van der Waals surface area contributed by atoms with Crippen LogP contribution in [-0.4, -0.2) is 21.9 Å². The van der Waals surface area contributed by atoms with Crippen molar-refractivity contribution >= 4 is 0 Å². The van der Waals surface area contributed by atoms with Crippen LogP contribution in [0.2, 0.25) is 0 Å². The Labute approximate surface area is 139 Å². The first-order chi connectivity index (χ1) is 10.7. The van der Waals surface area contributed by atoms with Crippen LogP contribution in [0.5, 0.6) is 11.5 Å². The van der Waals surface area contributed by atoms with E-state index in [2.05, 4.69) is 19.9 Å². The van der Waals surface area contributed by atoms with Crippen molar-refractivity contribution in [2.24, 2.45) is 11.3 Å². The summed E-state index contributed by atoms with van der Waals surface area (Å²) in [6.07, 6.45) is 5.06. The van der Waals surface area contributed by atoms with Gasteiger partial charge < -0.3 is 15.3 Å². The summed E-state index contributed by atoms with van der Waals surface area (Å²) < 4.78 is 0. The van der Waals surface area contributed by atoms with Crippen molar-refractivity contribution in [3.05, 3.63) is 22.8 Å². The normalized spacial score (nSPS) is 29.2. The number of aliphatic hydroxyl groups is 1. The van der Waals surface area contributed by atoms with Crippen LogP contribution >= 0.6 is 0 Å². The quantitative estimate of drug-likeness (QED) is 0.715. The van der Waals surface area contributed by atoms with Crippen LogP contribution in [-0.2, 0) is 11.8 Å². The molecule has 3 heteroatoms. The van der Waals surface area contributed by atoms with E-state index in [-0.39, 0.29) is 29.4 Å². The Kier molecular flexibility index (Phi) is 3.91. The van der Waals surface area contributed by atoms with Gasteiger partial charge in [0.15, 0.2) is 11.5 Å². The Morgan fingerprint density at radius 3 is 2.48 bits per heavy atom. The molecule has 2 aliphatic rings. The van der Waals surface area contributed by atoms with E-state index >= 15 is 0 Å². The predicted octanol–water partition coefficient (Wildman–Crippen LogP) is 4.22. The monoisotopic (exact) mass is 318 g/mol. The van der Waals surface area contributed by atoms with Gasteiger partial charge in [-0.3, -0.25) is 0 Å². The summed E-state index contributed by atoms with van der Waals surface area (Å²) in [6, 6.07) is 2.06. The maximum absolute atomic E-state index is 10.8. The van der Waals surface area contributed by atoms with Gasteiger partial charge in [0.2, 0.25) is 0 Å². The standard InChI is InChI=1S/C20H30O3/c1-12(2)14-10-13-6-7-15-19(3,4)8-5-9-20(15,11-21)16(13)18(23)17(14)22/h10,12,15,21-23H,5-9,11H2,1-4H3/t15-,20+/m0/s1. The molecule has 0 aliphatic heterocycles. The highest BCUT2D eigenvalue weighted by molar-refractivity contribution is 5.59. The van der Waals surface area contributed by atoms with Crippen LogP contribution in [0, 0.1) is 11.3 Å². The maximum Gasteiger partial charge on any atom is 0.161 e. The average Bonchev–Trinajstić information content (AvgIpc) is 2.49. The molecule has 0 bridgehead atoms. The zero-order chi connectivity index (χ0) is 17.0. The van der Waals surface area contributed by atoms with Gasteiger partial charge in [-0.05, 0) is 48.5 Å². The highest BCUT2D eigenvalue weighted by atomic mass is 16.3. The van der Waals surface area contributed by atoms with Crippen molar-refractivity contribution in [2.75, 3.05) is 6.61 Å². The first kappa shape index (κ1) is 16.6. The molecule has 0 saturated heterocycles. The number of fused-ring (bicyclic) bond motifs is 3. The van der Waals surface area contributed by atoms with Gasteiger partial charge in [-0.1, -0.05) is 40.2 Å². The van der Waals surface area contributed by atoms with E-state index in [4.69, 9.17) is 0 Å². The molecule has 0 unspecified atom stereocenters. The molecule has 23 heavy (non-hydrogen) atoms. The number of benzene rings is 1. The van der Waals surface area contributed by atoms with Crippen molar-refractivity contribution in [3.63, 3.8) is 0 Å². The van der Waals surface area contributed by atoms with Gasteiger partial charge in [-0.15, -0.1) is 0 Å². The molecular formula is C20H30O3. The summed E-state index contributed by atoms with van der Waals surface area (Å²) in [7, 11) is 0. The third-order valence-corrected chi connectivity index (χ3v) is 6.54. The van der Waals surface area contributed by atoms with Crippen molar-refractivity contribution < 1.29 is 15.3 Å². The van der Waals surface area contributed by atoms with Crippen molar-refractivity contribution in [1.82, 2.24) is 0 Å². The van der Waals surface area contributed by atoms with Crippen LogP contribution in [0.3, 0.4) is 0 Å². The number of aryl methyl sites for hydroxylation is 1. The molecular weight excluding hydrogens is 288 g/mol. The number of rotatable bonds is 2. The Morgan fingerprint density at radius 2 is 1.87 bits per heavy atom. The third kappa shape index (κ3) is 2.27. The van der Waals surface area contributed by atoms with E-state index in [1.807, 2.05) is 13.8 Å². The molecule has 128 valence electrons. The van der Waals surface area contributed by atoms with E-state index in [1.165, 1.54) is 0 Å². The summed E-state index contributed by atoms with van der Waals surface area (Å²) >= 11 is 0. The first-order valence-electron chi connectivity index (χ1n) is 8.93. The fourth-order valence-electron chi connectivity index (χ4n) is 5.42. The summed E-state index contributed by atoms with van der Waals surface area (Å²) in [5, 5.41) is 31.7. The Bertz CT molecular complexity index is 618.